The lowest BCUT2D eigenvalue weighted by atomic mass is 10.2. The van der Waals surface area contributed by atoms with Crippen LogP contribution < -0.4 is 19.5 Å². The quantitative estimate of drug-likeness (QED) is 0.413. The molecule has 0 amide bonds. The van der Waals surface area contributed by atoms with Crippen LogP contribution in [0.25, 0.3) is 0 Å². The van der Waals surface area contributed by atoms with Crippen molar-refractivity contribution in [2.24, 2.45) is 0 Å². The third-order valence-corrected chi connectivity index (χ3v) is 5.53. The predicted octanol–water partition coefficient (Wildman–Crippen LogP) is 6.72. The normalized spacial score (nSPS) is 12.5. The first kappa shape index (κ1) is 20.2. The third kappa shape index (κ3) is 5.10. The van der Waals surface area contributed by atoms with Gasteiger partial charge in [0.2, 0.25) is 0 Å². The lowest BCUT2D eigenvalue weighted by Crippen LogP contribution is -2.15. The molecule has 0 saturated carbocycles. The van der Waals surface area contributed by atoms with Crippen LogP contribution in [-0.2, 0) is 13.2 Å². The summed E-state index contributed by atoms with van der Waals surface area (Å²) in [5, 5.41) is 4.61. The smallest absolute Gasteiger partial charge is 0.163 e. The molecule has 1 heterocycles. The number of nitrogens with one attached hydrogen (secondary N) is 1. The van der Waals surface area contributed by atoms with E-state index in [1.165, 1.54) is 0 Å². The van der Waals surface area contributed by atoms with Crippen LogP contribution in [-0.4, -0.2) is 13.2 Å². The number of anilines is 1. The maximum Gasteiger partial charge on any atom is 0.163 e. The highest BCUT2D eigenvalue weighted by Crippen LogP contribution is 2.33. The van der Waals surface area contributed by atoms with Crippen LogP contribution in [0.3, 0.4) is 0 Å². The standard InChI is InChI=1S/C22H18BrCl2NO3/c23-16-2-5-20(29-13-14-1-3-17(24)10-19(14)25)15(9-16)12-26-18-4-6-21-22(11-18)28-8-7-27-21/h1-6,9-11,26H,7-8,12-13H2. The predicted molar refractivity (Wildman–Crippen MR) is 120 cm³/mol. The average Bonchev–Trinajstić information content (AvgIpc) is 2.72. The van der Waals surface area contributed by atoms with Gasteiger partial charge in [0, 0.05) is 43.9 Å². The number of hydrogen-bond acceptors (Lipinski definition) is 4. The molecule has 0 spiro atoms. The van der Waals surface area contributed by atoms with Crippen molar-refractivity contribution in [3.63, 3.8) is 0 Å². The molecule has 0 bridgehead atoms. The summed E-state index contributed by atoms with van der Waals surface area (Å²) >= 11 is 15.8. The van der Waals surface area contributed by atoms with Gasteiger partial charge in [0.05, 0.1) is 0 Å². The van der Waals surface area contributed by atoms with E-state index in [-0.39, 0.29) is 0 Å². The van der Waals surface area contributed by atoms with E-state index in [9.17, 15) is 0 Å². The fourth-order valence-electron chi connectivity index (χ4n) is 2.97. The van der Waals surface area contributed by atoms with Crippen LogP contribution in [0.15, 0.2) is 59.1 Å². The maximum atomic E-state index is 6.25. The molecule has 0 aliphatic carbocycles. The summed E-state index contributed by atoms with van der Waals surface area (Å²) in [5.41, 5.74) is 2.84. The van der Waals surface area contributed by atoms with Crippen molar-refractivity contribution in [1.29, 1.82) is 0 Å². The SMILES string of the molecule is Clc1ccc(COc2ccc(Br)cc2CNc2ccc3c(c2)OCCO3)c(Cl)c1. The zero-order valence-electron chi connectivity index (χ0n) is 15.4. The molecule has 1 aliphatic heterocycles. The van der Waals surface area contributed by atoms with Gasteiger partial charge in [-0.15, -0.1) is 0 Å². The Labute approximate surface area is 187 Å². The van der Waals surface area contributed by atoms with Crippen LogP contribution >= 0.6 is 39.1 Å². The first-order valence-corrected chi connectivity index (χ1v) is 10.6. The van der Waals surface area contributed by atoms with Crippen LogP contribution in [0.5, 0.6) is 17.2 Å². The Bertz CT molecular complexity index is 1030. The number of benzene rings is 3. The molecule has 7 heteroatoms. The molecule has 0 atom stereocenters. The fourth-order valence-corrected chi connectivity index (χ4v) is 3.84. The van der Waals surface area contributed by atoms with E-state index in [0.717, 1.165) is 38.5 Å². The van der Waals surface area contributed by atoms with Gasteiger partial charge in [-0.05, 0) is 42.5 Å². The summed E-state index contributed by atoms with van der Waals surface area (Å²) in [6.07, 6.45) is 0. The van der Waals surface area contributed by atoms with Gasteiger partial charge in [-0.25, -0.2) is 0 Å². The Balaban J connectivity index is 1.46. The topological polar surface area (TPSA) is 39.7 Å². The van der Waals surface area contributed by atoms with Gasteiger partial charge in [0.15, 0.2) is 11.5 Å². The second kappa shape index (κ2) is 9.16. The van der Waals surface area contributed by atoms with Crippen LogP contribution in [0, 0.1) is 0 Å². The molecule has 1 aliphatic rings. The van der Waals surface area contributed by atoms with Gasteiger partial charge >= 0.3 is 0 Å². The number of halogens is 3. The highest BCUT2D eigenvalue weighted by molar-refractivity contribution is 9.10. The highest BCUT2D eigenvalue weighted by Gasteiger charge is 2.12. The van der Waals surface area contributed by atoms with Crippen LogP contribution in [0.4, 0.5) is 5.69 Å². The van der Waals surface area contributed by atoms with Crippen molar-refractivity contribution in [3.05, 3.63) is 80.2 Å². The zero-order valence-corrected chi connectivity index (χ0v) is 18.5. The van der Waals surface area contributed by atoms with E-state index in [1.54, 1.807) is 12.1 Å². The van der Waals surface area contributed by atoms with Crippen molar-refractivity contribution in [2.45, 2.75) is 13.2 Å². The van der Waals surface area contributed by atoms with E-state index in [0.29, 0.717) is 36.4 Å². The van der Waals surface area contributed by atoms with E-state index in [2.05, 4.69) is 21.2 Å². The lowest BCUT2D eigenvalue weighted by Gasteiger charge is -2.19. The number of hydrogen-bond donors (Lipinski definition) is 1. The molecule has 150 valence electrons. The molecule has 29 heavy (non-hydrogen) atoms. The molecule has 4 nitrogen and oxygen atoms in total. The van der Waals surface area contributed by atoms with E-state index in [1.807, 2.05) is 42.5 Å². The molecule has 0 radical (unpaired) electrons. The third-order valence-electron chi connectivity index (χ3n) is 4.45. The second-order valence-corrected chi connectivity index (χ2v) is 8.25. The van der Waals surface area contributed by atoms with Gasteiger partial charge < -0.3 is 19.5 Å². The van der Waals surface area contributed by atoms with Crippen LogP contribution in [0.1, 0.15) is 11.1 Å². The monoisotopic (exact) mass is 493 g/mol. The van der Waals surface area contributed by atoms with E-state index < -0.39 is 0 Å². The van der Waals surface area contributed by atoms with Gasteiger partial charge in [0.1, 0.15) is 25.6 Å². The van der Waals surface area contributed by atoms with Gasteiger partial charge in [0.25, 0.3) is 0 Å². The molecule has 0 fully saturated rings. The molecule has 4 rings (SSSR count). The van der Waals surface area contributed by atoms with Crippen molar-refractivity contribution < 1.29 is 14.2 Å². The minimum absolute atomic E-state index is 0.356. The summed E-state index contributed by atoms with van der Waals surface area (Å²) in [5.74, 6) is 2.31. The molecular weight excluding hydrogens is 477 g/mol. The first-order chi connectivity index (χ1) is 14.1. The minimum atomic E-state index is 0.356. The van der Waals surface area contributed by atoms with Crippen LogP contribution in [0.2, 0.25) is 10.0 Å². The van der Waals surface area contributed by atoms with Gasteiger partial charge in [-0.2, -0.15) is 0 Å². The van der Waals surface area contributed by atoms with E-state index in [4.69, 9.17) is 37.4 Å². The number of ether oxygens (including phenoxy) is 3. The van der Waals surface area contributed by atoms with Gasteiger partial charge in [-0.1, -0.05) is 45.2 Å². The molecule has 3 aromatic carbocycles. The molecule has 3 aromatic rings. The Hall–Kier alpha value is -2.08. The Morgan fingerprint density at radius 1 is 0.897 bits per heavy atom. The summed E-state index contributed by atoms with van der Waals surface area (Å²) in [6, 6.07) is 17.1. The minimum Gasteiger partial charge on any atom is -0.488 e. The van der Waals surface area contributed by atoms with Crippen molar-refractivity contribution in [3.8, 4) is 17.2 Å². The van der Waals surface area contributed by atoms with Crippen molar-refractivity contribution >= 4 is 44.8 Å². The molecular formula is C22H18BrCl2NO3. The fraction of sp³-hybridized carbons (Fsp3) is 0.182. The Morgan fingerprint density at radius 3 is 2.55 bits per heavy atom. The summed E-state index contributed by atoms with van der Waals surface area (Å²) in [6.45, 7) is 2.08. The average molecular weight is 495 g/mol. The van der Waals surface area contributed by atoms with Crippen molar-refractivity contribution in [1.82, 2.24) is 0 Å². The lowest BCUT2D eigenvalue weighted by molar-refractivity contribution is 0.171. The number of rotatable bonds is 6. The number of fused-ring (bicyclic) bond motifs is 1. The second-order valence-electron chi connectivity index (χ2n) is 6.49. The Morgan fingerprint density at radius 2 is 1.72 bits per heavy atom. The van der Waals surface area contributed by atoms with E-state index >= 15 is 0 Å². The highest BCUT2D eigenvalue weighted by atomic mass is 79.9. The van der Waals surface area contributed by atoms with Crippen molar-refractivity contribution in [2.75, 3.05) is 18.5 Å². The summed E-state index contributed by atoms with van der Waals surface area (Å²) in [7, 11) is 0. The molecule has 0 saturated heterocycles. The molecule has 1 N–H and O–H groups in total. The molecule has 0 unspecified atom stereocenters. The zero-order chi connectivity index (χ0) is 20.2. The van der Waals surface area contributed by atoms with Gasteiger partial charge in [-0.3, -0.25) is 0 Å². The maximum absolute atomic E-state index is 6.25. The Kier molecular flexibility index (Phi) is 6.38. The first-order valence-electron chi connectivity index (χ1n) is 9.07. The molecule has 0 aromatic heterocycles. The summed E-state index contributed by atoms with van der Waals surface area (Å²) < 4.78 is 18.2. The largest absolute Gasteiger partial charge is 0.488 e. The summed E-state index contributed by atoms with van der Waals surface area (Å²) in [4.78, 5) is 0.